The standard InChI is InChI=1S/C17H22N2O2/c1-11-12(2)21-13(3)15(11)16(20)19-17(4,10-18)14-8-6-5-7-9-14/h5-9H,10,18H2,1-4H3,(H,19,20). The van der Waals surface area contributed by atoms with E-state index in [4.69, 9.17) is 10.2 Å². The molecule has 1 aromatic carbocycles. The normalized spacial score (nSPS) is 13.8. The second-order valence-corrected chi connectivity index (χ2v) is 5.57. The molecule has 0 aliphatic carbocycles. The van der Waals surface area contributed by atoms with E-state index in [-0.39, 0.29) is 5.91 Å². The van der Waals surface area contributed by atoms with Gasteiger partial charge < -0.3 is 15.5 Å². The van der Waals surface area contributed by atoms with Crippen molar-refractivity contribution >= 4 is 5.91 Å². The number of nitrogens with two attached hydrogens (primary N) is 1. The van der Waals surface area contributed by atoms with Crippen molar-refractivity contribution in [2.24, 2.45) is 5.73 Å². The lowest BCUT2D eigenvalue weighted by molar-refractivity contribution is 0.0905. The van der Waals surface area contributed by atoms with Crippen LogP contribution in [0.1, 0.15) is 39.9 Å². The van der Waals surface area contributed by atoms with Crippen LogP contribution in [0.25, 0.3) is 0 Å². The molecule has 1 amide bonds. The molecule has 0 fully saturated rings. The SMILES string of the molecule is Cc1oc(C)c(C(=O)NC(C)(CN)c2ccccc2)c1C. The molecule has 0 radical (unpaired) electrons. The molecule has 4 nitrogen and oxygen atoms in total. The summed E-state index contributed by atoms with van der Waals surface area (Å²) in [5.74, 6) is 1.25. The van der Waals surface area contributed by atoms with Gasteiger partial charge in [0, 0.05) is 12.1 Å². The minimum absolute atomic E-state index is 0.154. The lowest BCUT2D eigenvalue weighted by Gasteiger charge is -2.30. The third-order valence-corrected chi connectivity index (χ3v) is 4.00. The first-order valence-corrected chi connectivity index (χ1v) is 7.03. The molecule has 2 aromatic rings. The van der Waals surface area contributed by atoms with E-state index in [1.807, 2.05) is 51.1 Å². The summed E-state index contributed by atoms with van der Waals surface area (Å²) in [6, 6.07) is 9.75. The molecule has 1 heterocycles. The minimum Gasteiger partial charge on any atom is -0.466 e. The van der Waals surface area contributed by atoms with Crippen LogP contribution in [0.3, 0.4) is 0 Å². The number of nitrogens with one attached hydrogen (secondary N) is 1. The number of benzene rings is 1. The first-order valence-electron chi connectivity index (χ1n) is 7.03. The Morgan fingerprint density at radius 1 is 1.19 bits per heavy atom. The summed E-state index contributed by atoms with van der Waals surface area (Å²) in [5.41, 5.74) is 7.76. The zero-order chi connectivity index (χ0) is 15.6. The van der Waals surface area contributed by atoms with Gasteiger partial charge in [-0.05, 0) is 33.3 Å². The van der Waals surface area contributed by atoms with Crippen molar-refractivity contribution in [2.75, 3.05) is 6.54 Å². The van der Waals surface area contributed by atoms with Gasteiger partial charge >= 0.3 is 0 Å². The van der Waals surface area contributed by atoms with E-state index >= 15 is 0 Å². The van der Waals surface area contributed by atoms with Crippen molar-refractivity contribution < 1.29 is 9.21 Å². The topological polar surface area (TPSA) is 68.3 Å². The van der Waals surface area contributed by atoms with Gasteiger partial charge in [-0.25, -0.2) is 0 Å². The molecule has 0 saturated heterocycles. The number of furan rings is 1. The van der Waals surface area contributed by atoms with Crippen LogP contribution in [0.15, 0.2) is 34.7 Å². The average molecular weight is 286 g/mol. The first-order chi connectivity index (χ1) is 9.89. The molecule has 1 atom stereocenters. The largest absolute Gasteiger partial charge is 0.466 e. The summed E-state index contributed by atoms with van der Waals surface area (Å²) < 4.78 is 5.53. The number of carbonyl (C=O) groups excluding carboxylic acids is 1. The smallest absolute Gasteiger partial charge is 0.255 e. The summed E-state index contributed by atoms with van der Waals surface area (Å²) in [6.07, 6.45) is 0. The maximum atomic E-state index is 12.6. The number of rotatable bonds is 4. The maximum absolute atomic E-state index is 12.6. The Labute approximate surface area is 125 Å². The fourth-order valence-electron chi connectivity index (χ4n) is 2.49. The molecule has 4 heteroatoms. The Kier molecular flexibility index (Phi) is 4.19. The Hall–Kier alpha value is -2.07. The minimum atomic E-state index is -0.609. The summed E-state index contributed by atoms with van der Waals surface area (Å²) in [6.45, 7) is 7.80. The van der Waals surface area contributed by atoms with E-state index in [0.29, 0.717) is 17.9 Å². The molecule has 0 spiro atoms. The molecule has 2 rings (SSSR count). The summed E-state index contributed by atoms with van der Waals surface area (Å²) >= 11 is 0. The predicted octanol–water partition coefficient (Wildman–Crippen LogP) is 2.81. The van der Waals surface area contributed by atoms with Gasteiger partial charge in [-0.2, -0.15) is 0 Å². The molecule has 0 aliphatic rings. The Balaban J connectivity index is 2.33. The van der Waals surface area contributed by atoms with Crippen LogP contribution in [-0.4, -0.2) is 12.5 Å². The van der Waals surface area contributed by atoms with E-state index < -0.39 is 5.54 Å². The van der Waals surface area contributed by atoms with Gasteiger partial charge in [-0.3, -0.25) is 4.79 Å². The van der Waals surface area contributed by atoms with Crippen molar-refractivity contribution in [3.05, 3.63) is 58.5 Å². The maximum Gasteiger partial charge on any atom is 0.255 e. The van der Waals surface area contributed by atoms with E-state index in [9.17, 15) is 4.79 Å². The third-order valence-electron chi connectivity index (χ3n) is 4.00. The Bertz CT molecular complexity index is 646. The molecular weight excluding hydrogens is 264 g/mol. The number of hydrogen-bond acceptors (Lipinski definition) is 3. The number of carbonyl (C=O) groups is 1. The van der Waals surface area contributed by atoms with Crippen molar-refractivity contribution in [2.45, 2.75) is 33.2 Å². The second kappa shape index (κ2) is 5.74. The van der Waals surface area contributed by atoms with Gasteiger partial charge in [0.2, 0.25) is 0 Å². The van der Waals surface area contributed by atoms with E-state index in [2.05, 4.69) is 5.32 Å². The van der Waals surface area contributed by atoms with Gasteiger partial charge in [-0.15, -0.1) is 0 Å². The fraction of sp³-hybridized carbons (Fsp3) is 0.353. The van der Waals surface area contributed by atoms with E-state index in [0.717, 1.165) is 16.9 Å². The molecular formula is C17H22N2O2. The fourth-order valence-corrected chi connectivity index (χ4v) is 2.49. The van der Waals surface area contributed by atoms with Crippen molar-refractivity contribution in [1.29, 1.82) is 0 Å². The summed E-state index contributed by atoms with van der Waals surface area (Å²) in [7, 11) is 0. The Morgan fingerprint density at radius 3 is 2.29 bits per heavy atom. The highest BCUT2D eigenvalue weighted by Gasteiger charge is 2.29. The third kappa shape index (κ3) is 2.85. The van der Waals surface area contributed by atoms with Crippen LogP contribution in [0.5, 0.6) is 0 Å². The molecule has 0 aliphatic heterocycles. The summed E-state index contributed by atoms with van der Waals surface area (Å²) in [4.78, 5) is 12.6. The highest BCUT2D eigenvalue weighted by molar-refractivity contribution is 5.97. The highest BCUT2D eigenvalue weighted by Crippen LogP contribution is 2.24. The molecule has 0 bridgehead atoms. The lowest BCUT2D eigenvalue weighted by atomic mass is 9.91. The van der Waals surface area contributed by atoms with Crippen molar-refractivity contribution in [3.8, 4) is 0 Å². The van der Waals surface area contributed by atoms with Crippen LogP contribution in [0, 0.1) is 20.8 Å². The Morgan fingerprint density at radius 2 is 1.81 bits per heavy atom. The lowest BCUT2D eigenvalue weighted by Crippen LogP contribution is -2.49. The van der Waals surface area contributed by atoms with E-state index in [1.165, 1.54) is 0 Å². The van der Waals surface area contributed by atoms with Gasteiger partial charge in [0.1, 0.15) is 11.5 Å². The predicted molar refractivity (Wildman–Crippen MR) is 83.2 cm³/mol. The molecule has 3 N–H and O–H groups in total. The monoisotopic (exact) mass is 286 g/mol. The number of aryl methyl sites for hydroxylation is 2. The average Bonchev–Trinajstić information content (AvgIpc) is 2.73. The van der Waals surface area contributed by atoms with E-state index in [1.54, 1.807) is 6.92 Å². The van der Waals surface area contributed by atoms with Crippen LogP contribution >= 0.6 is 0 Å². The zero-order valence-corrected chi connectivity index (χ0v) is 13.0. The number of amides is 1. The van der Waals surface area contributed by atoms with Crippen LogP contribution in [0.2, 0.25) is 0 Å². The van der Waals surface area contributed by atoms with Gasteiger partial charge in [-0.1, -0.05) is 30.3 Å². The van der Waals surface area contributed by atoms with Gasteiger partial charge in [0.05, 0.1) is 11.1 Å². The molecule has 0 saturated carbocycles. The van der Waals surface area contributed by atoms with Crippen LogP contribution < -0.4 is 11.1 Å². The molecule has 1 aromatic heterocycles. The molecule has 1 unspecified atom stereocenters. The second-order valence-electron chi connectivity index (χ2n) is 5.57. The van der Waals surface area contributed by atoms with Crippen molar-refractivity contribution in [3.63, 3.8) is 0 Å². The van der Waals surface area contributed by atoms with Crippen LogP contribution in [-0.2, 0) is 5.54 Å². The van der Waals surface area contributed by atoms with Crippen LogP contribution in [0.4, 0.5) is 0 Å². The number of hydrogen-bond donors (Lipinski definition) is 2. The highest BCUT2D eigenvalue weighted by atomic mass is 16.3. The van der Waals surface area contributed by atoms with Gasteiger partial charge in [0.15, 0.2) is 0 Å². The summed E-state index contributed by atoms with van der Waals surface area (Å²) in [5, 5.41) is 3.05. The molecule has 112 valence electrons. The zero-order valence-electron chi connectivity index (χ0n) is 13.0. The molecule has 21 heavy (non-hydrogen) atoms. The first kappa shape index (κ1) is 15.3. The quantitative estimate of drug-likeness (QED) is 0.908. The van der Waals surface area contributed by atoms with Crippen molar-refractivity contribution in [1.82, 2.24) is 5.32 Å². The van der Waals surface area contributed by atoms with Gasteiger partial charge in [0.25, 0.3) is 5.91 Å².